The van der Waals surface area contributed by atoms with Gasteiger partial charge in [0.15, 0.2) is 0 Å². The van der Waals surface area contributed by atoms with Crippen LogP contribution in [0.4, 0.5) is 0 Å². The smallest absolute Gasteiger partial charge is 0.123 e. The molecule has 1 aliphatic heterocycles. The summed E-state index contributed by atoms with van der Waals surface area (Å²) in [6.45, 7) is 4.59. The van der Waals surface area contributed by atoms with Crippen LogP contribution in [0.25, 0.3) is 0 Å². The molecular weight excluding hydrogens is 226 g/mol. The summed E-state index contributed by atoms with van der Waals surface area (Å²) >= 11 is 0. The third kappa shape index (κ3) is 2.61. The molecule has 18 heavy (non-hydrogen) atoms. The van der Waals surface area contributed by atoms with Gasteiger partial charge >= 0.3 is 0 Å². The van der Waals surface area contributed by atoms with E-state index in [1.807, 2.05) is 12.1 Å². The van der Waals surface area contributed by atoms with Gasteiger partial charge in [0.2, 0.25) is 0 Å². The molecule has 0 N–H and O–H groups in total. The largest absolute Gasteiger partial charge is 0.497 e. The molecule has 100 valence electrons. The molecule has 1 aromatic rings. The van der Waals surface area contributed by atoms with Crippen LogP contribution in [0, 0.1) is 0 Å². The molecule has 3 heteroatoms. The molecule has 0 saturated carbocycles. The molecule has 1 aliphatic rings. The minimum Gasteiger partial charge on any atom is -0.497 e. The lowest BCUT2D eigenvalue weighted by Gasteiger charge is -2.26. The normalized spacial score (nSPS) is 20.1. The first kappa shape index (κ1) is 13.2. The molecule has 0 spiro atoms. The van der Waals surface area contributed by atoms with E-state index in [0.29, 0.717) is 6.04 Å². The minimum absolute atomic E-state index is 0.481. The fraction of sp³-hybridized carbons (Fsp3) is 0.600. The molecule has 0 bridgehead atoms. The average Bonchev–Trinajstić information content (AvgIpc) is 2.86. The van der Waals surface area contributed by atoms with E-state index in [4.69, 9.17) is 9.47 Å². The fourth-order valence-electron chi connectivity index (χ4n) is 2.83. The predicted molar refractivity (Wildman–Crippen MR) is 73.4 cm³/mol. The van der Waals surface area contributed by atoms with E-state index in [0.717, 1.165) is 18.0 Å². The lowest BCUT2D eigenvalue weighted by molar-refractivity contribution is 0.251. The van der Waals surface area contributed by atoms with Crippen LogP contribution in [0.1, 0.15) is 37.8 Å². The molecule has 0 aliphatic carbocycles. The van der Waals surface area contributed by atoms with Crippen molar-refractivity contribution in [2.75, 3.05) is 27.3 Å². The van der Waals surface area contributed by atoms with Crippen molar-refractivity contribution in [1.29, 1.82) is 0 Å². The third-order valence-corrected chi connectivity index (χ3v) is 3.67. The molecule has 3 nitrogen and oxygen atoms in total. The van der Waals surface area contributed by atoms with E-state index in [-0.39, 0.29) is 0 Å². The molecule has 1 unspecified atom stereocenters. The monoisotopic (exact) mass is 249 g/mol. The Hall–Kier alpha value is -1.22. The first-order valence-electron chi connectivity index (χ1n) is 6.76. The molecule has 1 aromatic carbocycles. The summed E-state index contributed by atoms with van der Waals surface area (Å²) in [5.41, 5.74) is 1.27. The number of hydrogen-bond acceptors (Lipinski definition) is 3. The Morgan fingerprint density at radius 1 is 1.28 bits per heavy atom. The van der Waals surface area contributed by atoms with Crippen LogP contribution in [0.2, 0.25) is 0 Å². The van der Waals surface area contributed by atoms with Crippen LogP contribution in [0.3, 0.4) is 0 Å². The van der Waals surface area contributed by atoms with Gasteiger partial charge in [0.05, 0.1) is 14.2 Å². The maximum absolute atomic E-state index is 5.50. The molecule has 0 radical (unpaired) electrons. The van der Waals surface area contributed by atoms with Crippen molar-refractivity contribution in [1.82, 2.24) is 4.90 Å². The zero-order chi connectivity index (χ0) is 13.0. The first-order chi connectivity index (χ1) is 8.80. The molecule has 1 atom stereocenters. The second-order valence-electron chi connectivity index (χ2n) is 4.80. The molecule has 1 fully saturated rings. The van der Waals surface area contributed by atoms with Crippen molar-refractivity contribution in [3.63, 3.8) is 0 Å². The van der Waals surface area contributed by atoms with Gasteiger partial charge in [0.1, 0.15) is 11.5 Å². The Balaban J connectivity index is 2.29. The minimum atomic E-state index is 0.481. The van der Waals surface area contributed by atoms with Gasteiger partial charge in [-0.1, -0.05) is 6.92 Å². The maximum atomic E-state index is 5.50. The molecule has 2 rings (SSSR count). The summed E-state index contributed by atoms with van der Waals surface area (Å²) in [5, 5.41) is 0. The number of benzene rings is 1. The van der Waals surface area contributed by atoms with Crippen molar-refractivity contribution >= 4 is 0 Å². The van der Waals surface area contributed by atoms with Crippen molar-refractivity contribution in [2.24, 2.45) is 0 Å². The Kier molecular flexibility index (Phi) is 4.48. The van der Waals surface area contributed by atoms with Gasteiger partial charge in [0.25, 0.3) is 0 Å². The standard InChI is InChI=1S/C15H23NO2/c1-4-9-16-10-5-6-14(16)13-11-12(17-2)7-8-15(13)18-3/h7-8,11,14H,4-6,9-10H2,1-3H3. The number of likely N-dealkylation sites (tertiary alicyclic amines) is 1. The van der Waals surface area contributed by atoms with Crippen LogP contribution < -0.4 is 9.47 Å². The average molecular weight is 249 g/mol. The third-order valence-electron chi connectivity index (χ3n) is 3.67. The van der Waals surface area contributed by atoms with Gasteiger partial charge in [-0.25, -0.2) is 0 Å². The number of hydrogen-bond donors (Lipinski definition) is 0. The lowest BCUT2D eigenvalue weighted by atomic mass is 10.0. The van der Waals surface area contributed by atoms with E-state index in [2.05, 4.69) is 17.9 Å². The van der Waals surface area contributed by atoms with Crippen LogP contribution in [0.5, 0.6) is 11.5 Å². The van der Waals surface area contributed by atoms with Crippen LogP contribution >= 0.6 is 0 Å². The highest BCUT2D eigenvalue weighted by Crippen LogP contribution is 2.38. The highest BCUT2D eigenvalue weighted by Gasteiger charge is 2.27. The van der Waals surface area contributed by atoms with Gasteiger partial charge in [-0.2, -0.15) is 0 Å². The van der Waals surface area contributed by atoms with E-state index in [9.17, 15) is 0 Å². The molecule has 1 saturated heterocycles. The van der Waals surface area contributed by atoms with E-state index >= 15 is 0 Å². The van der Waals surface area contributed by atoms with Gasteiger partial charge < -0.3 is 9.47 Å². The number of nitrogens with zero attached hydrogens (tertiary/aromatic N) is 1. The Morgan fingerprint density at radius 2 is 2.11 bits per heavy atom. The lowest BCUT2D eigenvalue weighted by Crippen LogP contribution is -2.24. The Labute approximate surface area is 110 Å². The summed E-state index contributed by atoms with van der Waals surface area (Å²) in [4.78, 5) is 2.55. The summed E-state index contributed by atoms with van der Waals surface area (Å²) in [5.74, 6) is 1.89. The van der Waals surface area contributed by atoms with E-state index < -0.39 is 0 Å². The van der Waals surface area contributed by atoms with Gasteiger partial charge in [-0.3, -0.25) is 4.90 Å². The van der Waals surface area contributed by atoms with E-state index in [1.165, 1.54) is 31.4 Å². The SMILES string of the molecule is CCCN1CCCC1c1cc(OC)ccc1OC. The van der Waals surface area contributed by atoms with Crippen LogP contribution in [0.15, 0.2) is 18.2 Å². The summed E-state index contributed by atoms with van der Waals surface area (Å²) < 4.78 is 10.8. The number of ether oxygens (including phenoxy) is 2. The quantitative estimate of drug-likeness (QED) is 0.799. The second-order valence-corrected chi connectivity index (χ2v) is 4.80. The topological polar surface area (TPSA) is 21.7 Å². The Morgan fingerprint density at radius 3 is 2.78 bits per heavy atom. The number of rotatable bonds is 5. The van der Waals surface area contributed by atoms with Gasteiger partial charge in [-0.15, -0.1) is 0 Å². The van der Waals surface area contributed by atoms with Crippen molar-refractivity contribution in [2.45, 2.75) is 32.2 Å². The number of methoxy groups -OCH3 is 2. The molecule has 1 heterocycles. The van der Waals surface area contributed by atoms with Crippen molar-refractivity contribution in [3.8, 4) is 11.5 Å². The maximum Gasteiger partial charge on any atom is 0.123 e. The highest BCUT2D eigenvalue weighted by atomic mass is 16.5. The summed E-state index contributed by atoms with van der Waals surface area (Å²) in [6.07, 6.45) is 3.68. The summed E-state index contributed by atoms with van der Waals surface area (Å²) in [7, 11) is 3.45. The highest BCUT2D eigenvalue weighted by molar-refractivity contribution is 5.42. The molecule has 0 amide bonds. The van der Waals surface area contributed by atoms with Crippen molar-refractivity contribution in [3.05, 3.63) is 23.8 Å². The van der Waals surface area contributed by atoms with Crippen molar-refractivity contribution < 1.29 is 9.47 Å². The zero-order valence-electron chi connectivity index (χ0n) is 11.6. The van der Waals surface area contributed by atoms with Gasteiger partial charge in [-0.05, 0) is 50.6 Å². The zero-order valence-corrected chi connectivity index (χ0v) is 11.6. The van der Waals surface area contributed by atoms with E-state index in [1.54, 1.807) is 14.2 Å². The Bertz CT molecular complexity index is 392. The van der Waals surface area contributed by atoms with Crippen LogP contribution in [-0.2, 0) is 0 Å². The second kappa shape index (κ2) is 6.10. The van der Waals surface area contributed by atoms with Crippen LogP contribution in [-0.4, -0.2) is 32.2 Å². The molecular formula is C15H23NO2. The molecule has 0 aromatic heterocycles. The fourth-order valence-corrected chi connectivity index (χ4v) is 2.83. The first-order valence-corrected chi connectivity index (χ1v) is 6.76. The summed E-state index contributed by atoms with van der Waals surface area (Å²) in [6, 6.07) is 6.57. The predicted octanol–water partition coefficient (Wildman–Crippen LogP) is 3.25. The van der Waals surface area contributed by atoms with Gasteiger partial charge in [0, 0.05) is 11.6 Å².